The van der Waals surface area contributed by atoms with Crippen LogP contribution in [0.4, 0.5) is 0 Å². The van der Waals surface area contributed by atoms with Crippen molar-refractivity contribution in [1.29, 1.82) is 0 Å². The minimum Gasteiger partial charge on any atom is -0.334 e. The van der Waals surface area contributed by atoms with Crippen molar-refractivity contribution in [1.82, 2.24) is 15.1 Å². The normalized spacial score (nSPS) is 15.6. The first-order valence-electron chi connectivity index (χ1n) is 4.52. The van der Waals surface area contributed by atoms with Crippen molar-refractivity contribution in [3.63, 3.8) is 0 Å². The van der Waals surface area contributed by atoms with E-state index in [2.05, 4.69) is 10.2 Å². The third-order valence-corrected chi connectivity index (χ3v) is 3.18. The standard InChI is InChI=1S/C8H10ClN3OS/c1-2-12(5-3-4-5)7(13)6-10-11-8(9)14-6/h5H,2-4H2,1H3. The molecule has 1 aromatic heterocycles. The van der Waals surface area contributed by atoms with Crippen molar-refractivity contribution >= 4 is 28.8 Å². The Bertz CT molecular complexity index is 350. The van der Waals surface area contributed by atoms with E-state index >= 15 is 0 Å². The number of amides is 1. The van der Waals surface area contributed by atoms with Gasteiger partial charge in [-0.3, -0.25) is 4.79 Å². The number of hydrogen-bond donors (Lipinski definition) is 0. The Morgan fingerprint density at radius 2 is 2.36 bits per heavy atom. The second kappa shape index (κ2) is 3.82. The summed E-state index contributed by atoms with van der Waals surface area (Å²) in [5.74, 6) is -0.0422. The van der Waals surface area contributed by atoms with Crippen LogP contribution in [-0.4, -0.2) is 33.6 Å². The number of carbonyl (C=O) groups excluding carboxylic acids is 1. The quantitative estimate of drug-likeness (QED) is 0.797. The van der Waals surface area contributed by atoms with Gasteiger partial charge in [-0.1, -0.05) is 11.3 Å². The third kappa shape index (κ3) is 1.88. The molecule has 0 bridgehead atoms. The van der Waals surface area contributed by atoms with E-state index in [1.165, 1.54) is 0 Å². The molecule has 1 fully saturated rings. The lowest BCUT2D eigenvalue weighted by molar-refractivity contribution is 0.0751. The molecule has 1 aromatic rings. The zero-order chi connectivity index (χ0) is 10.1. The van der Waals surface area contributed by atoms with E-state index < -0.39 is 0 Å². The molecule has 14 heavy (non-hydrogen) atoms. The molecule has 1 aliphatic rings. The highest BCUT2D eigenvalue weighted by atomic mass is 35.5. The maximum absolute atomic E-state index is 11.8. The molecule has 2 rings (SSSR count). The predicted molar refractivity (Wildman–Crippen MR) is 54.7 cm³/mol. The van der Waals surface area contributed by atoms with Gasteiger partial charge in [-0.25, -0.2) is 0 Å². The summed E-state index contributed by atoms with van der Waals surface area (Å²) in [5, 5.41) is 7.75. The first-order valence-corrected chi connectivity index (χ1v) is 5.71. The van der Waals surface area contributed by atoms with Crippen LogP contribution in [0.25, 0.3) is 0 Å². The molecule has 0 unspecified atom stereocenters. The first-order chi connectivity index (χ1) is 6.72. The molecule has 0 aliphatic heterocycles. The van der Waals surface area contributed by atoms with Gasteiger partial charge in [0.2, 0.25) is 9.47 Å². The Balaban J connectivity index is 2.13. The molecule has 1 heterocycles. The molecule has 4 nitrogen and oxygen atoms in total. The maximum Gasteiger partial charge on any atom is 0.285 e. The van der Waals surface area contributed by atoms with Crippen LogP contribution in [0.3, 0.4) is 0 Å². The summed E-state index contributed by atoms with van der Waals surface area (Å²) in [6, 6.07) is 0.412. The zero-order valence-corrected chi connectivity index (χ0v) is 9.31. The van der Waals surface area contributed by atoms with Crippen LogP contribution in [-0.2, 0) is 0 Å². The molecule has 1 saturated carbocycles. The van der Waals surface area contributed by atoms with Crippen molar-refractivity contribution in [2.75, 3.05) is 6.54 Å². The molecule has 0 atom stereocenters. The highest BCUT2D eigenvalue weighted by molar-refractivity contribution is 7.17. The maximum atomic E-state index is 11.8. The van der Waals surface area contributed by atoms with Gasteiger partial charge in [0, 0.05) is 12.6 Å². The van der Waals surface area contributed by atoms with Gasteiger partial charge < -0.3 is 4.90 Å². The summed E-state index contributed by atoms with van der Waals surface area (Å²) in [6.45, 7) is 2.69. The van der Waals surface area contributed by atoms with E-state index in [1.54, 1.807) is 0 Å². The van der Waals surface area contributed by atoms with Crippen LogP contribution in [0.15, 0.2) is 0 Å². The second-order valence-electron chi connectivity index (χ2n) is 3.18. The summed E-state index contributed by atoms with van der Waals surface area (Å²) >= 11 is 6.76. The molecule has 0 saturated heterocycles. The van der Waals surface area contributed by atoms with Crippen molar-refractivity contribution in [2.45, 2.75) is 25.8 Å². The molecule has 1 amide bonds. The molecule has 6 heteroatoms. The Labute approximate surface area is 90.9 Å². The van der Waals surface area contributed by atoms with E-state index in [-0.39, 0.29) is 5.91 Å². The fourth-order valence-corrected chi connectivity index (χ4v) is 2.15. The lowest BCUT2D eigenvalue weighted by atomic mass is 10.4. The van der Waals surface area contributed by atoms with Crippen LogP contribution in [0.5, 0.6) is 0 Å². The molecule has 0 aromatic carbocycles. The average molecular weight is 232 g/mol. The Kier molecular flexibility index (Phi) is 2.69. The van der Waals surface area contributed by atoms with Crippen molar-refractivity contribution in [3.05, 3.63) is 9.47 Å². The van der Waals surface area contributed by atoms with Crippen LogP contribution < -0.4 is 0 Å². The van der Waals surface area contributed by atoms with Gasteiger partial charge in [-0.05, 0) is 31.4 Å². The number of hydrogen-bond acceptors (Lipinski definition) is 4. The molecular weight excluding hydrogens is 222 g/mol. The van der Waals surface area contributed by atoms with Crippen LogP contribution in [0.2, 0.25) is 4.47 Å². The van der Waals surface area contributed by atoms with Gasteiger partial charge in [0.05, 0.1) is 0 Å². The van der Waals surface area contributed by atoms with E-state index in [0.29, 0.717) is 15.5 Å². The number of rotatable bonds is 3. The van der Waals surface area contributed by atoms with Crippen molar-refractivity contribution < 1.29 is 4.79 Å². The molecule has 0 spiro atoms. The predicted octanol–water partition coefficient (Wildman–Crippen LogP) is 1.82. The van der Waals surface area contributed by atoms with Crippen LogP contribution in [0, 0.1) is 0 Å². The summed E-state index contributed by atoms with van der Waals surface area (Å²) in [6.07, 6.45) is 2.21. The van der Waals surface area contributed by atoms with E-state index in [4.69, 9.17) is 11.6 Å². The Morgan fingerprint density at radius 1 is 1.64 bits per heavy atom. The third-order valence-electron chi connectivity index (χ3n) is 2.17. The van der Waals surface area contributed by atoms with Gasteiger partial charge in [-0.2, -0.15) is 0 Å². The van der Waals surface area contributed by atoms with Gasteiger partial charge in [0.25, 0.3) is 5.91 Å². The van der Waals surface area contributed by atoms with E-state index in [0.717, 1.165) is 30.7 Å². The molecular formula is C8H10ClN3OS. The van der Waals surface area contributed by atoms with Crippen LogP contribution >= 0.6 is 22.9 Å². The lowest BCUT2D eigenvalue weighted by Gasteiger charge is -2.18. The first kappa shape index (κ1) is 9.86. The summed E-state index contributed by atoms with van der Waals surface area (Å²) < 4.78 is 0.320. The lowest BCUT2D eigenvalue weighted by Crippen LogP contribution is -2.32. The van der Waals surface area contributed by atoms with Crippen molar-refractivity contribution in [3.8, 4) is 0 Å². The number of aromatic nitrogens is 2. The minimum atomic E-state index is -0.0422. The highest BCUT2D eigenvalue weighted by Gasteiger charge is 2.33. The van der Waals surface area contributed by atoms with Crippen molar-refractivity contribution in [2.24, 2.45) is 0 Å². The summed E-state index contributed by atoms with van der Waals surface area (Å²) in [7, 11) is 0. The van der Waals surface area contributed by atoms with Gasteiger partial charge >= 0.3 is 0 Å². The highest BCUT2D eigenvalue weighted by Crippen LogP contribution is 2.28. The SMILES string of the molecule is CCN(C(=O)c1nnc(Cl)s1)C1CC1. The fourth-order valence-electron chi connectivity index (χ4n) is 1.37. The Hall–Kier alpha value is -0.680. The smallest absolute Gasteiger partial charge is 0.285 e. The molecule has 0 radical (unpaired) electrons. The summed E-state index contributed by atoms with van der Waals surface area (Å²) in [4.78, 5) is 13.7. The summed E-state index contributed by atoms with van der Waals surface area (Å²) in [5.41, 5.74) is 0. The van der Waals surface area contributed by atoms with Crippen LogP contribution in [0.1, 0.15) is 29.6 Å². The average Bonchev–Trinajstić information content (AvgIpc) is 2.90. The van der Waals surface area contributed by atoms with Gasteiger partial charge in [-0.15, -0.1) is 10.2 Å². The minimum absolute atomic E-state index is 0.0422. The topological polar surface area (TPSA) is 46.1 Å². The monoisotopic (exact) mass is 231 g/mol. The number of nitrogens with zero attached hydrogens (tertiary/aromatic N) is 3. The molecule has 1 aliphatic carbocycles. The molecule has 0 N–H and O–H groups in total. The largest absolute Gasteiger partial charge is 0.334 e. The fraction of sp³-hybridized carbons (Fsp3) is 0.625. The van der Waals surface area contributed by atoms with E-state index in [9.17, 15) is 4.79 Å². The Morgan fingerprint density at radius 3 is 2.79 bits per heavy atom. The van der Waals surface area contributed by atoms with Gasteiger partial charge in [0.15, 0.2) is 0 Å². The zero-order valence-electron chi connectivity index (χ0n) is 7.73. The number of carbonyl (C=O) groups is 1. The number of halogens is 1. The second-order valence-corrected chi connectivity index (χ2v) is 4.74. The van der Waals surface area contributed by atoms with Gasteiger partial charge in [0.1, 0.15) is 0 Å². The van der Waals surface area contributed by atoms with E-state index in [1.807, 2.05) is 11.8 Å². The molecule has 76 valence electrons.